The van der Waals surface area contributed by atoms with Crippen molar-refractivity contribution in [2.24, 2.45) is 0 Å². The molecule has 4 heterocycles. The number of hydrogen-bond acceptors (Lipinski definition) is 6. The number of rotatable bonds is 3. The van der Waals surface area contributed by atoms with E-state index in [0.29, 0.717) is 30.4 Å². The average Bonchev–Trinajstić information content (AvgIpc) is 3.20. The quantitative estimate of drug-likeness (QED) is 0.710. The van der Waals surface area contributed by atoms with Gasteiger partial charge in [-0.25, -0.2) is 4.98 Å². The second kappa shape index (κ2) is 5.77. The molecule has 0 aliphatic carbocycles. The van der Waals surface area contributed by atoms with Gasteiger partial charge in [0.1, 0.15) is 5.69 Å². The number of amides is 1. The van der Waals surface area contributed by atoms with Crippen LogP contribution in [0, 0.1) is 0 Å². The van der Waals surface area contributed by atoms with Crippen LogP contribution in [-0.4, -0.2) is 51.6 Å². The maximum atomic E-state index is 12.8. The van der Waals surface area contributed by atoms with E-state index in [1.807, 2.05) is 29.2 Å². The number of para-hydroxylation sites is 1. The van der Waals surface area contributed by atoms with Crippen molar-refractivity contribution in [1.29, 1.82) is 0 Å². The van der Waals surface area contributed by atoms with Crippen molar-refractivity contribution in [3.63, 3.8) is 0 Å². The summed E-state index contributed by atoms with van der Waals surface area (Å²) in [5, 5.41) is 4.99. The van der Waals surface area contributed by atoms with Crippen LogP contribution in [0.25, 0.3) is 11.0 Å². The van der Waals surface area contributed by atoms with Crippen LogP contribution >= 0.6 is 0 Å². The Hall–Kier alpha value is -2.96. The topological polar surface area (TPSA) is 75.4 Å². The molecule has 2 aliphatic rings. The first-order valence-electron chi connectivity index (χ1n) is 9.27. The minimum Gasteiger partial charge on any atom is -0.356 e. The summed E-state index contributed by atoms with van der Waals surface area (Å²) < 4.78 is 5.32. The molecule has 2 aromatic heterocycles. The van der Waals surface area contributed by atoms with E-state index in [2.05, 4.69) is 33.9 Å². The van der Waals surface area contributed by atoms with Gasteiger partial charge >= 0.3 is 0 Å². The number of nitrogens with zero attached hydrogens (tertiary/aromatic N) is 5. The molecule has 0 radical (unpaired) electrons. The lowest BCUT2D eigenvalue weighted by Gasteiger charge is -2.47. The lowest BCUT2D eigenvalue weighted by molar-refractivity contribution is -0.138. The molecular formula is C20H21N5O2. The molecule has 3 aromatic rings. The summed E-state index contributed by atoms with van der Waals surface area (Å²) in [6, 6.07) is 7.99. The van der Waals surface area contributed by atoms with Crippen LogP contribution in [0.4, 0.5) is 5.82 Å². The van der Waals surface area contributed by atoms with E-state index in [1.165, 1.54) is 0 Å². The summed E-state index contributed by atoms with van der Waals surface area (Å²) >= 11 is 0. The van der Waals surface area contributed by atoms with Crippen molar-refractivity contribution >= 4 is 22.7 Å². The fraction of sp³-hybridized carbons (Fsp3) is 0.400. The Morgan fingerprint density at radius 2 is 1.96 bits per heavy atom. The third-order valence-electron chi connectivity index (χ3n) is 5.66. The first kappa shape index (κ1) is 16.2. The van der Waals surface area contributed by atoms with E-state index < -0.39 is 0 Å². The molecule has 0 atom stereocenters. The number of anilines is 1. The Kier molecular flexibility index (Phi) is 3.47. The molecule has 0 N–H and O–H groups in total. The molecule has 0 saturated carbocycles. The summed E-state index contributed by atoms with van der Waals surface area (Å²) in [7, 11) is 0. The van der Waals surface area contributed by atoms with E-state index in [1.54, 1.807) is 12.4 Å². The lowest BCUT2D eigenvalue weighted by Crippen LogP contribution is -2.63. The zero-order chi connectivity index (χ0) is 18.6. The summed E-state index contributed by atoms with van der Waals surface area (Å²) in [4.78, 5) is 26.1. The number of carbonyl (C=O) groups is 1. The van der Waals surface area contributed by atoms with E-state index in [4.69, 9.17) is 4.52 Å². The normalized spacial score (nSPS) is 17.6. The van der Waals surface area contributed by atoms with E-state index in [9.17, 15) is 4.79 Å². The largest absolute Gasteiger partial charge is 0.356 e. The second-order valence-electron chi connectivity index (χ2n) is 7.78. The molecule has 1 spiro atoms. The maximum Gasteiger partial charge on any atom is 0.228 e. The summed E-state index contributed by atoms with van der Waals surface area (Å²) in [5.41, 5.74) is 2.34. The van der Waals surface area contributed by atoms with Crippen LogP contribution in [0.15, 0.2) is 41.2 Å². The van der Waals surface area contributed by atoms with Crippen molar-refractivity contribution < 1.29 is 9.32 Å². The molecule has 7 heteroatoms. The molecule has 0 unspecified atom stereocenters. The Labute approximate surface area is 157 Å². The molecule has 138 valence electrons. The fourth-order valence-electron chi connectivity index (χ4n) is 4.25. The minimum absolute atomic E-state index is 0.0770. The molecule has 1 fully saturated rings. The van der Waals surface area contributed by atoms with Crippen LogP contribution in [0.2, 0.25) is 0 Å². The van der Waals surface area contributed by atoms with Gasteiger partial charge < -0.3 is 14.3 Å². The molecule has 0 bridgehead atoms. The molecule has 2 aliphatic heterocycles. The maximum absolute atomic E-state index is 12.8. The number of carbonyl (C=O) groups excluding carboxylic acids is 1. The third-order valence-corrected chi connectivity index (χ3v) is 5.66. The smallest absolute Gasteiger partial charge is 0.228 e. The SMILES string of the molecule is CC(C)N1CC2(CN(C(=O)Cc3noc4ccccc34)C2)c2nccnc21. The molecule has 1 saturated heterocycles. The number of aromatic nitrogens is 3. The second-order valence-corrected chi connectivity index (χ2v) is 7.78. The highest BCUT2D eigenvalue weighted by atomic mass is 16.5. The van der Waals surface area contributed by atoms with Crippen molar-refractivity contribution in [1.82, 2.24) is 20.0 Å². The zero-order valence-electron chi connectivity index (χ0n) is 15.4. The average molecular weight is 363 g/mol. The predicted molar refractivity (Wildman–Crippen MR) is 100 cm³/mol. The first-order chi connectivity index (χ1) is 13.1. The number of hydrogen-bond donors (Lipinski definition) is 0. The molecule has 27 heavy (non-hydrogen) atoms. The van der Waals surface area contributed by atoms with Crippen molar-refractivity contribution in [2.45, 2.75) is 31.7 Å². The number of likely N-dealkylation sites (tertiary alicyclic amines) is 1. The Bertz CT molecular complexity index is 1020. The van der Waals surface area contributed by atoms with Crippen LogP contribution < -0.4 is 4.90 Å². The van der Waals surface area contributed by atoms with Crippen molar-refractivity contribution in [3.05, 3.63) is 48.0 Å². The highest BCUT2D eigenvalue weighted by Crippen LogP contribution is 2.45. The van der Waals surface area contributed by atoms with Crippen molar-refractivity contribution in [3.8, 4) is 0 Å². The van der Waals surface area contributed by atoms with Gasteiger partial charge in [-0.15, -0.1) is 0 Å². The Balaban J connectivity index is 1.34. The van der Waals surface area contributed by atoms with Crippen LogP contribution in [0.3, 0.4) is 0 Å². The molecular weight excluding hydrogens is 342 g/mol. The Morgan fingerprint density at radius 1 is 1.19 bits per heavy atom. The number of fused-ring (bicyclic) bond motifs is 3. The van der Waals surface area contributed by atoms with Crippen molar-refractivity contribution in [2.75, 3.05) is 24.5 Å². The van der Waals surface area contributed by atoms with E-state index in [0.717, 1.165) is 23.4 Å². The highest BCUT2D eigenvalue weighted by Gasteiger charge is 2.54. The van der Waals surface area contributed by atoms with E-state index in [-0.39, 0.29) is 17.7 Å². The Morgan fingerprint density at radius 3 is 2.78 bits per heavy atom. The number of benzene rings is 1. The van der Waals surface area contributed by atoms with Gasteiger partial charge in [0, 0.05) is 43.5 Å². The van der Waals surface area contributed by atoms with Crippen LogP contribution in [0.5, 0.6) is 0 Å². The molecule has 1 aromatic carbocycles. The highest BCUT2D eigenvalue weighted by molar-refractivity contribution is 5.87. The molecule has 1 amide bonds. The van der Waals surface area contributed by atoms with Gasteiger partial charge in [0.25, 0.3) is 0 Å². The predicted octanol–water partition coefficient (Wildman–Crippen LogP) is 2.17. The van der Waals surface area contributed by atoms with Crippen LogP contribution in [0.1, 0.15) is 25.2 Å². The van der Waals surface area contributed by atoms with Gasteiger partial charge in [0.05, 0.1) is 17.5 Å². The van der Waals surface area contributed by atoms with Gasteiger partial charge in [-0.05, 0) is 26.0 Å². The summed E-state index contributed by atoms with van der Waals surface area (Å²) in [5.74, 6) is 1.04. The molecule has 5 rings (SSSR count). The first-order valence-corrected chi connectivity index (χ1v) is 9.27. The minimum atomic E-state index is -0.102. The van der Waals surface area contributed by atoms with Gasteiger partial charge in [0.2, 0.25) is 5.91 Å². The monoisotopic (exact) mass is 363 g/mol. The van der Waals surface area contributed by atoms with E-state index >= 15 is 0 Å². The van der Waals surface area contributed by atoms with Gasteiger partial charge in [-0.2, -0.15) is 0 Å². The van der Waals surface area contributed by atoms with Gasteiger partial charge in [0.15, 0.2) is 11.4 Å². The summed E-state index contributed by atoms with van der Waals surface area (Å²) in [6.07, 6.45) is 3.75. The lowest BCUT2D eigenvalue weighted by atomic mass is 9.78. The van der Waals surface area contributed by atoms with Crippen LogP contribution in [-0.2, 0) is 16.6 Å². The van der Waals surface area contributed by atoms with Gasteiger partial charge in [-0.1, -0.05) is 17.3 Å². The van der Waals surface area contributed by atoms with Gasteiger partial charge in [-0.3, -0.25) is 9.78 Å². The fourth-order valence-corrected chi connectivity index (χ4v) is 4.25. The standard InChI is InChI=1S/C20H21N5O2/c1-13(2)25-12-20(18-19(25)22-8-7-21-18)10-24(11-20)17(26)9-15-14-5-3-4-6-16(14)27-23-15/h3-8,13H,9-12H2,1-2H3. The zero-order valence-corrected chi connectivity index (χ0v) is 15.4. The molecule has 7 nitrogen and oxygen atoms in total. The summed E-state index contributed by atoms with van der Waals surface area (Å²) in [6.45, 7) is 6.54. The third kappa shape index (κ3) is 2.41.